The number of hydrogen-bond donors (Lipinski definition) is 1. The molecule has 146 valence electrons. The highest BCUT2D eigenvalue weighted by Crippen LogP contribution is 2.23. The first-order valence-electron chi connectivity index (χ1n) is 9.28. The zero-order valence-corrected chi connectivity index (χ0v) is 16.7. The minimum atomic E-state index is -4.19. The van der Waals surface area contributed by atoms with E-state index in [2.05, 4.69) is 41.1 Å². The molecule has 2 rings (SSSR count). The lowest BCUT2D eigenvalue weighted by Gasteiger charge is -2.24. The Morgan fingerprint density at radius 1 is 0.815 bits per heavy atom. The highest BCUT2D eigenvalue weighted by atomic mass is 32.2. The minimum absolute atomic E-state index is 0.162. The molecule has 0 atom stereocenters. The summed E-state index contributed by atoms with van der Waals surface area (Å²) >= 11 is 0. The first-order chi connectivity index (χ1) is 12.9. The minimum Gasteiger partial charge on any atom is -0.372 e. The van der Waals surface area contributed by atoms with Gasteiger partial charge in [0.05, 0.1) is 16.3 Å². The van der Waals surface area contributed by atoms with Gasteiger partial charge < -0.3 is 4.90 Å². The standard InChI is InChI=1S/C20H27N3O3S/c1-3-5-15-23(16-6-4-2)19-11-7-17(8-12-19)21-22-18-9-13-20(14-10-18)27(24,25)26/h7-14H,3-6,15-16H2,1-2H3,(H,24,25,26)/b22-21+. The normalized spacial score (nSPS) is 11.8. The van der Waals surface area contributed by atoms with Crippen LogP contribution in [0.4, 0.5) is 17.1 Å². The van der Waals surface area contributed by atoms with Gasteiger partial charge in [-0.15, -0.1) is 0 Å². The number of unbranched alkanes of at least 4 members (excludes halogenated alkanes) is 2. The predicted octanol–water partition coefficient (Wildman–Crippen LogP) is 5.76. The first kappa shape index (κ1) is 21.1. The summed E-state index contributed by atoms with van der Waals surface area (Å²) in [7, 11) is -4.19. The lowest BCUT2D eigenvalue weighted by molar-refractivity contribution is 0.483. The number of nitrogens with zero attached hydrogens (tertiary/aromatic N) is 3. The summed E-state index contributed by atoms with van der Waals surface area (Å²) in [6, 6.07) is 13.6. The second-order valence-electron chi connectivity index (χ2n) is 6.38. The third kappa shape index (κ3) is 6.77. The molecule has 2 aromatic rings. The molecule has 0 unspecified atom stereocenters. The van der Waals surface area contributed by atoms with Gasteiger partial charge in [0.15, 0.2) is 0 Å². The van der Waals surface area contributed by atoms with E-state index in [9.17, 15) is 8.42 Å². The highest BCUT2D eigenvalue weighted by Gasteiger charge is 2.08. The molecule has 0 heterocycles. The Morgan fingerprint density at radius 3 is 1.67 bits per heavy atom. The fourth-order valence-corrected chi connectivity index (χ4v) is 3.08. The van der Waals surface area contributed by atoms with Crippen LogP contribution in [0.25, 0.3) is 0 Å². The SMILES string of the molecule is CCCCN(CCCC)c1ccc(/N=N/c2ccc(S(=O)(=O)O)cc2)cc1. The molecule has 1 N–H and O–H groups in total. The Morgan fingerprint density at radius 2 is 1.26 bits per heavy atom. The molecule has 0 bridgehead atoms. The number of hydrogen-bond acceptors (Lipinski definition) is 5. The van der Waals surface area contributed by atoms with Crippen LogP contribution < -0.4 is 4.90 Å². The summed E-state index contributed by atoms with van der Waals surface area (Å²) in [5.41, 5.74) is 2.43. The Labute approximate surface area is 161 Å². The molecule has 6 nitrogen and oxygen atoms in total. The lowest BCUT2D eigenvalue weighted by Crippen LogP contribution is -2.25. The largest absolute Gasteiger partial charge is 0.372 e. The maximum atomic E-state index is 11.0. The van der Waals surface area contributed by atoms with Crippen LogP contribution in [0.5, 0.6) is 0 Å². The summed E-state index contributed by atoms with van der Waals surface area (Å²) < 4.78 is 31.1. The van der Waals surface area contributed by atoms with Crippen LogP contribution >= 0.6 is 0 Å². The molecule has 2 aromatic carbocycles. The van der Waals surface area contributed by atoms with Crippen LogP contribution in [0.3, 0.4) is 0 Å². The van der Waals surface area contributed by atoms with E-state index in [1.807, 2.05) is 12.1 Å². The van der Waals surface area contributed by atoms with Crippen molar-refractivity contribution in [3.63, 3.8) is 0 Å². The van der Waals surface area contributed by atoms with Gasteiger partial charge in [-0.1, -0.05) is 26.7 Å². The molecule has 0 aliphatic rings. The van der Waals surface area contributed by atoms with Gasteiger partial charge >= 0.3 is 0 Å². The second-order valence-corrected chi connectivity index (χ2v) is 7.80. The molecule has 0 amide bonds. The number of benzene rings is 2. The predicted molar refractivity (Wildman–Crippen MR) is 109 cm³/mol. The molecule has 7 heteroatoms. The van der Waals surface area contributed by atoms with Gasteiger partial charge in [-0.25, -0.2) is 0 Å². The third-order valence-corrected chi connectivity index (χ3v) is 5.06. The van der Waals surface area contributed by atoms with E-state index in [-0.39, 0.29) is 4.90 Å². The van der Waals surface area contributed by atoms with Gasteiger partial charge in [-0.05, 0) is 61.4 Å². The van der Waals surface area contributed by atoms with Crippen molar-refractivity contribution in [3.05, 3.63) is 48.5 Å². The Kier molecular flexibility index (Phi) is 7.94. The van der Waals surface area contributed by atoms with Gasteiger partial charge in [0.1, 0.15) is 0 Å². The second kappa shape index (κ2) is 10.2. The van der Waals surface area contributed by atoms with Gasteiger partial charge in [-0.2, -0.15) is 18.6 Å². The molecule has 0 saturated carbocycles. The van der Waals surface area contributed by atoms with E-state index in [1.165, 1.54) is 55.6 Å². The van der Waals surface area contributed by atoms with Crippen LogP contribution in [0.1, 0.15) is 39.5 Å². The Balaban J connectivity index is 2.06. The topological polar surface area (TPSA) is 82.3 Å². The van der Waals surface area contributed by atoms with E-state index in [4.69, 9.17) is 4.55 Å². The van der Waals surface area contributed by atoms with Crippen molar-refractivity contribution in [2.75, 3.05) is 18.0 Å². The maximum Gasteiger partial charge on any atom is 0.294 e. The van der Waals surface area contributed by atoms with Gasteiger partial charge in [0.2, 0.25) is 0 Å². The molecule has 0 radical (unpaired) electrons. The van der Waals surface area contributed by atoms with Crippen LogP contribution in [0.2, 0.25) is 0 Å². The van der Waals surface area contributed by atoms with E-state index in [0.29, 0.717) is 5.69 Å². The number of azo groups is 1. The molecule has 0 aliphatic carbocycles. The smallest absolute Gasteiger partial charge is 0.294 e. The summed E-state index contributed by atoms with van der Waals surface area (Å²) in [5, 5.41) is 8.30. The Bertz CT molecular complexity index is 824. The summed E-state index contributed by atoms with van der Waals surface area (Å²) in [6.07, 6.45) is 4.69. The van der Waals surface area contributed by atoms with E-state index < -0.39 is 10.1 Å². The molecule has 0 aliphatic heterocycles. The van der Waals surface area contributed by atoms with Crippen LogP contribution in [-0.4, -0.2) is 26.1 Å². The van der Waals surface area contributed by atoms with E-state index >= 15 is 0 Å². The van der Waals surface area contributed by atoms with Gasteiger partial charge in [0, 0.05) is 18.8 Å². The quantitative estimate of drug-likeness (QED) is 0.414. The molecule has 0 aromatic heterocycles. The Hall–Kier alpha value is -2.25. The zero-order chi connectivity index (χ0) is 19.7. The van der Waals surface area contributed by atoms with Crippen LogP contribution in [-0.2, 0) is 10.1 Å². The molecular weight excluding hydrogens is 362 g/mol. The van der Waals surface area contributed by atoms with Crippen molar-refractivity contribution >= 4 is 27.2 Å². The van der Waals surface area contributed by atoms with Crippen molar-refractivity contribution in [1.82, 2.24) is 0 Å². The summed E-state index contributed by atoms with van der Waals surface area (Å²) in [4.78, 5) is 2.24. The van der Waals surface area contributed by atoms with E-state index in [1.54, 1.807) is 0 Å². The monoisotopic (exact) mass is 389 g/mol. The number of anilines is 1. The molecule has 0 spiro atoms. The average Bonchev–Trinajstić information content (AvgIpc) is 2.67. The fraction of sp³-hybridized carbons (Fsp3) is 0.400. The van der Waals surface area contributed by atoms with Crippen LogP contribution in [0, 0.1) is 0 Å². The average molecular weight is 390 g/mol. The molecule has 0 fully saturated rings. The first-order valence-corrected chi connectivity index (χ1v) is 10.7. The third-order valence-electron chi connectivity index (χ3n) is 4.19. The van der Waals surface area contributed by atoms with Gasteiger partial charge in [0.25, 0.3) is 10.1 Å². The molecular formula is C20H27N3O3S. The van der Waals surface area contributed by atoms with Crippen molar-refractivity contribution in [2.24, 2.45) is 10.2 Å². The summed E-state index contributed by atoms with van der Waals surface area (Å²) in [6.45, 7) is 6.50. The zero-order valence-electron chi connectivity index (χ0n) is 15.9. The number of rotatable bonds is 10. The van der Waals surface area contributed by atoms with Crippen molar-refractivity contribution in [3.8, 4) is 0 Å². The van der Waals surface area contributed by atoms with E-state index in [0.717, 1.165) is 18.8 Å². The molecule has 0 saturated heterocycles. The molecule has 27 heavy (non-hydrogen) atoms. The van der Waals surface area contributed by atoms with Crippen LogP contribution in [0.15, 0.2) is 63.7 Å². The van der Waals surface area contributed by atoms with Crippen molar-refractivity contribution in [2.45, 2.75) is 44.4 Å². The highest BCUT2D eigenvalue weighted by molar-refractivity contribution is 7.85. The van der Waals surface area contributed by atoms with Gasteiger partial charge in [-0.3, -0.25) is 4.55 Å². The van der Waals surface area contributed by atoms with Crippen molar-refractivity contribution < 1.29 is 13.0 Å². The lowest BCUT2D eigenvalue weighted by atomic mass is 10.2. The maximum absolute atomic E-state index is 11.0. The fourth-order valence-electron chi connectivity index (χ4n) is 2.60. The van der Waals surface area contributed by atoms with Crippen molar-refractivity contribution in [1.29, 1.82) is 0 Å². The summed E-state index contributed by atoms with van der Waals surface area (Å²) in [5.74, 6) is 0.